The quantitative estimate of drug-likeness (QED) is 0.520. The number of hydrogen-bond acceptors (Lipinski definition) is 4. The van der Waals surface area contributed by atoms with Gasteiger partial charge in [0.2, 0.25) is 0 Å². The Hall–Kier alpha value is -1.03. The highest BCUT2D eigenvalue weighted by molar-refractivity contribution is 5.65. The van der Waals surface area contributed by atoms with Crippen molar-refractivity contribution in [1.29, 1.82) is 0 Å². The molecule has 0 aromatic rings. The Labute approximate surface area is 84.5 Å². The van der Waals surface area contributed by atoms with E-state index < -0.39 is 6.10 Å². The highest BCUT2D eigenvalue weighted by atomic mass is 16.6. The fourth-order valence-corrected chi connectivity index (χ4v) is 0.734. The second-order valence-electron chi connectivity index (χ2n) is 3.04. The molecule has 0 heterocycles. The zero-order valence-electron chi connectivity index (χ0n) is 8.90. The number of aliphatic hydroxyl groups excluding tert-OH is 1. The van der Waals surface area contributed by atoms with E-state index in [4.69, 9.17) is 14.6 Å². The number of carbonyl (C=O) groups is 1. The van der Waals surface area contributed by atoms with E-state index in [1.807, 2.05) is 6.92 Å². The van der Waals surface area contributed by atoms with Gasteiger partial charge in [-0.1, -0.05) is 6.92 Å². The third-order valence-corrected chi connectivity index (χ3v) is 1.56. The minimum atomic E-state index is -0.527. The summed E-state index contributed by atoms with van der Waals surface area (Å²) in [5, 5.41) is 8.90. The Balaban J connectivity index is 3.73. The van der Waals surface area contributed by atoms with Crippen LogP contribution in [-0.2, 0) is 14.3 Å². The fraction of sp³-hybridized carbons (Fsp3) is 0.700. The summed E-state index contributed by atoms with van der Waals surface area (Å²) in [5.41, 5.74) is 0. The van der Waals surface area contributed by atoms with Gasteiger partial charge in [0.1, 0.15) is 12.7 Å². The lowest BCUT2D eigenvalue weighted by atomic mass is 10.3. The zero-order chi connectivity index (χ0) is 11.0. The van der Waals surface area contributed by atoms with Crippen LogP contribution in [0.1, 0.15) is 27.2 Å². The zero-order valence-corrected chi connectivity index (χ0v) is 8.90. The molecule has 4 nitrogen and oxygen atoms in total. The van der Waals surface area contributed by atoms with Gasteiger partial charge < -0.3 is 14.6 Å². The molecule has 1 N–H and O–H groups in total. The maximum Gasteiger partial charge on any atom is 0.302 e. The molecule has 0 aliphatic heterocycles. The third kappa shape index (κ3) is 7.61. The van der Waals surface area contributed by atoms with Gasteiger partial charge in [0, 0.05) is 6.92 Å². The van der Waals surface area contributed by atoms with Crippen LogP contribution in [0.4, 0.5) is 0 Å². The van der Waals surface area contributed by atoms with Gasteiger partial charge in [-0.3, -0.25) is 4.79 Å². The largest absolute Gasteiger partial charge is 0.495 e. The monoisotopic (exact) mass is 202 g/mol. The molecule has 0 radical (unpaired) electrons. The molecule has 2 atom stereocenters. The smallest absolute Gasteiger partial charge is 0.302 e. The second kappa shape index (κ2) is 7.38. The molecular formula is C10H18O4. The first-order valence-corrected chi connectivity index (χ1v) is 4.69. The van der Waals surface area contributed by atoms with Crippen LogP contribution in [0.5, 0.6) is 0 Å². The van der Waals surface area contributed by atoms with Crippen LogP contribution in [-0.4, -0.2) is 29.9 Å². The van der Waals surface area contributed by atoms with Gasteiger partial charge in [-0.05, 0) is 19.4 Å². The van der Waals surface area contributed by atoms with E-state index in [2.05, 4.69) is 0 Å². The first-order chi connectivity index (χ1) is 6.56. The van der Waals surface area contributed by atoms with E-state index in [-0.39, 0.29) is 18.7 Å². The highest BCUT2D eigenvalue weighted by Crippen LogP contribution is 2.00. The molecule has 0 fully saturated rings. The number of esters is 1. The summed E-state index contributed by atoms with van der Waals surface area (Å²) in [6.07, 6.45) is 3.03. The van der Waals surface area contributed by atoms with E-state index in [9.17, 15) is 4.79 Å². The molecule has 2 unspecified atom stereocenters. The molecule has 0 bridgehead atoms. The molecule has 0 rings (SSSR count). The number of ether oxygens (including phenoxy) is 2. The van der Waals surface area contributed by atoms with Gasteiger partial charge in [0.05, 0.1) is 12.4 Å². The molecule has 82 valence electrons. The van der Waals surface area contributed by atoms with Crippen molar-refractivity contribution in [3.8, 4) is 0 Å². The average Bonchev–Trinajstić information content (AvgIpc) is 2.10. The Kier molecular flexibility index (Phi) is 6.84. The molecule has 4 heteroatoms. The predicted molar refractivity (Wildman–Crippen MR) is 52.6 cm³/mol. The molecular weight excluding hydrogens is 184 g/mol. The van der Waals surface area contributed by atoms with Gasteiger partial charge >= 0.3 is 5.97 Å². The molecule has 14 heavy (non-hydrogen) atoms. The molecule has 0 aromatic heterocycles. The van der Waals surface area contributed by atoms with Crippen molar-refractivity contribution in [1.82, 2.24) is 0 Å². The number of rotatable bonds is 6. The normalized spacial score (nSPS) is 15.1. The molecule has 0 aromatic carbocycles. The highest BCUT2D eigenvalue weighted by Gasteiger charge is 2.06. The molecule has 0 saturated carbocycles. The van der Waals surface area contributed by atoms with Crippen LogP contribution in [0, 0.1) is 0 Å². The van der Waals surface area contributed by atoms with Crippen LogP contribution in [0.15, 0.2) is 12.3 Å². The van der Waals surface area contributed by atoms with Crippen molar-refractivity contribution >= 4 is 5.97 Å². The van der Waals surface area contributed by atoms with Crippen LogP contribution >= 0.6 is 0 Å². The van der Waals surface area contributed by atoms with E-state index in [1.165, 1.54) is 19.3 Å². The van der Waals surface area contributed by atoms with Gasteiger partial charge in [0.15, 0.2) is 0 Å². The van der Waals surface area contributed by atoms with Crippen LogP contribution in [0.3, 0.4) is 0 Å². The SMILES string of the molecule is CCC(COC(C)=O)OC=CC(C)O. The minimum Gasteiger partial charge on any atom is -0.495 e. The van der Waals surface area contributed by atoms with Crippen molar-refractivity contribution < 1.29 is 19.4 Å². The minimum absolute atomic E-state index is 0.145. The Morgan fingerprint density at radius 3 is 2.64 bits per heavy atom. The summed E-state index contributed by atoms with van der Waals surface area (Å²) in [5.74, 6) is -0.313. The van der Waals surface area contributed by atoms with E-state index in [1.54, 1.807) is 6.92 Å². The molecule has 0 amide bonds. The summed E-state index contributed by atoms with van der Waals surface area (Å²) in [4.78, 5) is 10.5. The van der Waals surface area contributed by atoms with Gasteiger partial charge in [-0.25, -0.2) is 0 Å². The second-order valence-corrected chi connectivity index (χ2v) is 3.04. The topological polar surface area (TPSA) is 55.8 Å². The van der Waals surface area contributed by atoms with Crippen molar-refractivity contribution in [2.75, 3.05) is 6.61 Å². The standard InChI is InChI=1S/C10H18O4/c1-4-10(7-14-9(3)12)13-6-5-8(2)11/h5-6,8,10-11H,4,7H2,1-3H3. The maximum atomic E-state index is 10.5. The summed E-state index contributed by atoms with van der Waals surface area (Å²) < 4.78 is 10.0. The van der Waals surface area contributed by atoms with E-state index >= 15 is 0 Å². The maximum absolute atomic E-state index is 10.5. The van der Waals surface area contributed by atoms with Crippen molar-refractivity contribution in [2.24, 2.45) is 0 Å². The summed E-state index contributed by atoms with van der Waals surface area (Å²) in [6.45, 7) is 5.17. The Morgan fingerprint density at radius 1 is 1.57 bits per heavy atom. The first kappa shape index (κ1) is 13.0. The number of aliphatic hydroxyl groups is 1. The van der Waals surface area contributed by atoms with Gasteiger partial charge in [0.25, 0.3) is 0 Å². The lowest BCUT2D eigenvalue weighted by molar-refractivity contribution is -0.144. The Bertz CT molecular complexity index is 187. The van der Waals surface area contributed by atoms with Crippen LogP contribution < -0.4 is 0 Å². The predicted octanol–water partition coefficient (Wildman–Crippen LogP) is 1.24. The van der Waals surface area contributed by atoms with E-state index in [0.29, 0.717) is 0 Å². The first-order valence-electron chi connectivity index (χ1n) is 4.69. The van der Waals surface area contributed by atoms with Crippen molar-refractivity contribution in [2.45, 2.75) is 39.4 Å². The fourth-order valence-electron chi connectivity index (χ4n) is 0.734. The Morgan fingerprint density at radius 2 is 2.21 bits per heavy atom. The lowest BCUT2D eigenvalue weighted by Crippen LogP contribution is -2.18. The molecule has 0 spiro atoms. The molecule has 0 aliphatic carbocycles. The van der Waals surface area contributed by atoms with E-state index in [0.717, 1.165) is 6.42 Å². The lowest BCUT2D eigenvalue weighted by Gasteiger charge is -2.14. The molecule has 0 aliphatic rings. The van der Waals surface area contributed by atoms with Crippen molar-refractivity contribution in [3.05, 3.63) is 12.3 Å². The van der Waals surface area contributed by atoms with Crippen molar-refractivity contribution in [3.63, 3.8) is 0 Å². The summed E-state index contributed by atoms with van der Waals surface area (Å²) in [6, 6.07) is 0. The third-order valence-electron chi connectivity index (χ3n) is 1.56. The number of carbonyl (C=O) groups excluding carboxylic acids is 1. The number of hydrogen-bond donors (Lipinski definition) is 1. The van der Waals surface area contributed by atoms with Crippen LogP contribution in [0.2, 0.25) is 0 Å². The average molecular weight is 202 g/mol. The van der Waals surface area contributed by atoms with Crippen LogP contribution in [0.25, 0.3) is 0 Å². The molecule has 0 saturated heterocycles. The van der Waals surface area contributed by atoms with Gasteiger partial charge in [-0.15, -0.1) is 0 Å². The van der Waals surface area contributed by atoms with Gasteiger partial charge in [-0.2, -0.15) is 0 Å². The summed E-state index contributed by atoms with van der Waals surface area (Å²) >= 11 is 0. The summed E-state index contributed by atoms with van der Waals surface area (Å²) in [7, 11) is 0.